The third kappa shape index (κ3) is 13.5. The van der Waals surface area contributed by atoms with E-state index in [0.29, 0.717) is 24.4 Å². The molecule has 0 spiro atoms. The first-order valence-electron chi connectivity index (χ1n) is 7.61. The van der Waals surface area contributed by atoms with Crippen molar-refractivity contribution in [1.29, 1.82) is 5.26 Å². The molecule has 1 aromatic rings. The van der Waals surface area contributed by atoms with Crippen LogP contribution in [0.5, 0.6) is 0 Å². The predicted octanol–water partition coefficient (Wildman–Crippen LogP) is 0.214. The van der Waals surface area contributed by atoms with E-state index in [1.54, 1.807) is 37.3 Å². The lowest BCUT2D eigenvalue weighted by atomic mass is 10.4. The number of carboxylic acids is 2. The Morgan fingerprint density at radius 2 is 2.00 bits per heavy atom. The molecular formula is C14H22N8O4S2. The molecule has 1 rings (SSSR count). The maximum Gasteiger partial charge on any atom is 0.328 e. The van der Waals surface area contributed by atoms with E-state index in [-0.39, 0.29) is 0 Å². The molecule has 0 aromatic carbocycles. The van der Waals surface area contributed by atoms with Crippen molar-refractivity contribution < 1.29 is 19.8 Å². The zero-order valence-electron chi connectivity index (χ0n) is 15.2. The van der Waals surface area contributed by atoms with Gasteiger partial charge in [-0.05, 0) is 0 Å². The number of carboxylic acid groups (broad SMARTS) is 2. The molecule has 0 aliphatic rings. The summed E-state index contributed by atoms with van der Waals surface area (Å²) in [5.74, 6) is -0.521. The lowest BCUT2D eigenvalue weighted by Gasteiger charge is -2.18. The number of hydrazine groups is 3. The van der Waals surface area contributed by atoms with Crippen LogP contribution >= 0.6 is 23.1 Å². The van der Waals surface area contributed by atoms with E-state index in [1.807, 2.05) is 5.38 Å². The van der Waals surface area contributed by atoms with Crippen molar-refractivity contribution in [1.82, 2.24) is 21.1 Å². The first kappa shape index (κ1) is 25.3. The number of rotatable bonds is 11. The molecule has 0 radical (unpaired) electrons. The molecule has 0 aliphatic carbocycles. The van der Waals surface area contributed by atoms with E-state index in [1.165, 1.54) is 11.3 Å². The number of thioether (sulfide) groups is 1. The minimum absolute atomic E-state index is 0.374. The van der Waals surface area contributed by atoms with Gasteiger partial charge in [-0.25, -0.2) is 25.4 Å². The summed E-state index contributed by atoms with van der Waals surface area (Å²) < 4.78 is 0. The number of aromatic nitrogens is 1. The van der Waals surface area contributed by atoms with Crippen LogP contribution in [-0.2, 0) is 15.3 Å². The van der Waals surface area contributed by atoms with Gasteiger partial charge in [0, 0.05) is 49.6 Å². The van der Waals surface area contributed by atoms with Gasteiger partial charge in [0.2, 0.25) is 6.19 Å². The summed E-state index contributed by atoms with van der Waals surface area (Å²) in [6, 6.07) is 0. The highest BCUT2D eigenvalue weighted by Crippen LogP contribution is 2.19. The lowest BCUT2D eigenvalue weighted by Crippen LogP contribution is -2.48. The minimum Gasteiger partial charge on any atom is -0.478 e. The SMILES string of the molecule is CNN(NC)Nc1nc(CSCCC(N)=NC#N)cs1.O=C(O)/C=C\C(=O)O. The fourth-order valence-corrected chi connectivity index (χ4v) is 3.02. The fourth-order valence-electron chi connectivity index (χ4n) is 1.36. The van der Waals surface area contributed by atoms with Crippen LogP contribution in [0.3, 0.4) is 0 Å². The molecule has 0 bridgehead atoms. The molecule has 154 valence electrons. The summed E-state index contributed by atoms with van der Waals surface area (Å²) in [4.78, 5) is 27.0. The van der Waals surface area contributed by atoms with Crippen LogP contribution < -0.4 is 22.0 Å². The molecule has 14 heteroatoms. The number of aliphatic carboxylic acids is 2. The van der Waals surface area contributed by atoms with E-state index >= 15 is 0 Å². The van der Waals surface area contributed by atoms with Gasteiger partial charge in [0.1, 0.15) is 5.84 Å². The number of aliphatic imine (C=N–C) groups is 1. The number of anilines is 1. The number of hydrogen-bond donors (Lipinski definition) is 6. The highest BCUT2D eigenvalue weighted by Gasteiger charge is 2.05. The van der Waals surface area contributed by atoms with Crippen LogP contribution in [-0.4, -0.2) is 58.0 Å². The lowest BCUT2D eigenvalue weighted by molar-refractivity contribution is -0.134. The Kier molecular flexibility index (Phi) is 13.9. The fraction of sp³-hybridized carbons (Fsp3) is 0.357. The monoisotopic (exact) mass is 430 g/mol. The van der Waals surface area contributed by atoms with Crippen molar-refractivity contribution in [2.75, 3.05) is 25.3 Å². The molecule has 0 amide bonds. The van der Waals surface area contributed by atoms with Crippen molar-refractivity contribution in [3.05, 3.63) is 23.2 Å². The van der Waals surface area contributed by atoms with E-state index in [2.05, 4.69) is 26.3 Å². The molecule has 0 saturated heterocycles. The number of thiazole rings is 1. The molecule has 7 N–H and O–H groups in total. The van der Waals surface area contributed by atoms with Gasteiger partial charge in [-0.15, -0.1) is 11.3 Å². The average Bonchev–Trinajstić information content (AvgIpc) is 3.09. The van der Waals surface area contributed by atoms with Crippen LogP contribution in [0.15, 0.2) is 22.5 Å². The van der Waals surface area contributed by atoms with Crippen LogP contribution in [0.25, 0.3) is 0 Å². The topological polar surface area (TPSA) is 189 Å². The van der Waals surface area contributed by atoms with E-state index in [9.17, 15) is 9.59 Å². The molecule has 1 heterocycles. The molecular weight excluding hydrogens is 408 g/mol. The molecule has 0 fully saturated rings. The van der Waals surface area contributed by atoms with Gasteiger partial charge in [-0.2, -0.15) is 22.0 Å². The van der Waals surface area contributed by atoms with Gasteiger partial charge in [0.25, 0.3) is 0 Å². The molecule has 28 heavy (non-hydrogen) atoms. The zero-order valence-corrected chi connectivity index (χ0v) is 16.9. The molecule has 0 aliphatic heterocycles. The number of nitrogens with zero attached hydrogens (tertiary/aromatic N) is 4. The Hall–Kier alpha value is -2.70. The summed E-state index contributed by atoms with van der Waals surface area (Å²) in [7, 11) is 3.59. The van der Waals surface area contributed by atoms with E-state index < -0.39 is 11.9 Å². The van der Waals surface area contributed by atoms with Crippen molar-refractivity contribution in [2.24, 2.45) is 10.7 Å². The Balaban J connectivity index is 0.000000769. The van der Waals surface area contributed by atoms with Crippen LogP contribution in [0, 0.1) is 11.5 Å². The number of carbonyl (C=O) groups is 2. The number of hydrogen-bond acceptors (Lipinski definition) is 11. The second-order valence-electron chi connectivity index (χ2n) is 4.55. The minimum atomic E-state index is -1.26. The Morgan fingerprint density at radius 1 is 1.39 bits per heavy atom. The van der Waals surface area contributed by atoms with Gasteiger partial charge in [0.15, 0.2) is 5.13 Å². The number of nitriles is 1. The van der Waals surface area contributed by atoms with Gasteiger partial charge >= 0.3 is 11.9 Å². The maximum atomic E-state index is 9.55. The number of nitrogens with two attached hydrogens (primary N) is 1. The molecule has 0 unspecified atom stereocenters. The average molecular weight is 431 g/mol. The highest BCUT2D eigenvalue weighted by atomic mass is 32.2. The van der Waals surface area contributed by atoms with Crippen LogP contribution in [0.4, 0.5) is 5.13 Å². The summed E-state index contributed by atoms with van der Waals surface area (Å²) >= 11 is 3.24. The van der Waals surface area contributed by atoms with Crippen molar-refractivity contribution >= 4 is 46.0 Å². The number of nitrogens with one attached hydrogen (secondary N) is 3. The first-order chi connectivity index (χ1) is 13.3. The summed E-state index contributed by atoms with van der Waals surface area (Å²) in [6.45, 7) is 0. The molecule has 0 saturated carbocycles. The molecule has 1 aromatic heterocycles. The first-order valence-corrected chi connectivity index (χ1v) is 9.64. The normalized spacial score (nSPS) is 11.0. The Labute approximate surface area is 170 Å². The van der Waals surface area contributed by atoms with Gasteiger partial charge in [-0.1, -0.05) is 5.23 Å². The van der Waals surface area contributed by atoms with E-state index in [0.717, 1.165) is 22.3 Å². The van der Waals surface area contributed by atoms with Crippen molar-refractivity contribution in [3.8, 4) is 6.19 Å². The largest absolute Gasteiger partial charge is 0.478 e. The van der Waals surface area contributed by atoms with Crippen LogP contribution in [0.2, 0.25) is 0 Å². The molecule has 0 atom stereocenters. The van der Waals surface area contributed by atoms with Crippen molar-refractivity contribution in [3.63, 3.8) is 0 Å². The number of amidine groups is 1. The maximum absolute atomic E-state index is 9.55. The van der Waals surface area contributed by atoms with Crippen molar-refractivity contribution in [2.45, 2.75) is 12.2 Å². The third-order valence-corrected chi connectivity index (χ3v) is 4.31. The quantitative estimate of drug-likeness (QED) is 0.0700. The van der Waals surface area contributed by atoms with Gasteiger partial charge in [0.05, 0.1) is 5.69 Å². The highest BCUT2D eigenvalue weighted by molar-refractivity contribution is 7.98. The van der Waals surface area contributed by atoms with Gasteiger partial charge < -0.3 is 15.9 Å². The second-order valence-corrected chi connectivity index (χ2v) is 6.52. The Bertz CT molecular complexity index is 696. The summed E-state index contributed by atoms with van der Waals surface area (Å²) in [5.41, 5.74) is 15.4. The summed E-state index contributed by atoms with van der Waals surface area (Å²) in [6.07, 6.45) is 3.40. The molecule has 12 nitrogen and oxygen atoms in total. The standard InChI is InChI=1S/C10H18N8S2.C4H4O4/c1-13-18(14-2)17-10-16-8(6-20-10)5-19-4-3-9(12)15-7-11;5-3(6)1-2-4(7)8/h6,13-14H,3-5H2,1-2H3,(H2,12,15)(H,16,17);1-2H,(H,5,6)(H,7,8)/b;2-1-. The second kappa shape index (κ2) is 15.4. The smallest absolute Gasteiger partial charge is 0.328 e. The van der Waals surface area contributed by atoms with Gasteiger partial charge in [-0.3, -0.25) is 5.43 Å². The Morgan fingerprint density at radius 3 is 2.50 bits per heavy atom. The van der Waals surface area contributed by atoms with Crippen LogP contribution in [0.1, 0.15) is 12.1 Å². The van der Waals surface area contributed by atoms with E-state index in [4.69, 9.17) is 21.2 Å². The summed E-state index contributed by atoms with van der Waals surface area (Å²) in [5, 5.41) is 28.4. The third-order valence-electron chi connectivity index (χ3n) is 2.52. The predicted molar refractivity (Wildman–Crippen MR) is 108 cm³/mol. The zero-order chi connectivity index (χ0) is 21.4.